The summed E-state index contributed by atoms with van der Waals surface area (Å²) in [6.45, 7) is 0. The summed E-state index contributed by atoms with van der Waals surface area (Å²) in [5.41, 5.74) is 6.20. The van der Waals surface area contributed by atoms with Gasteiger partial charge in [0, 0.05) is 23.8 Å². The van der Waals surface area contributed by atoms with E-state index >= 15 is 0 Å². The summed E-state index contributed by atoms with van der Waals surface area (Å²) in [4.78, 5) is 0. The quantitative estimate of drug-likeness (QED) is 0.796. The number of nitrogen functional groups attached to an aromatic ring is 1. The van der Waals surface area contributed by atoms with Gasteiger partial charge < -0.3 is 10.5 Å². The van der Waals surface area contributed by atoms with Crippen molar-refractivity contribution in [2.75, 3.05) is 5.73 Å². The van der Waals surface area contributed by atoms with Crippen LogP contribution in [0.15, 0.2) is 30.6 Å². The Kier molecular flexibility index (Phi) is 2.51. The molecule has 0 fully saturated rings. The van der Waals surface area contributed by atoms with Crippen molar-refractivity contribution in [3.8, 4) is 11.5 Å². The number of hydrogen-bond acceptors (Lipinski definition) is 3. The molecule has 0 unspecified atom stereocenters. The van der Waals surface area contributed by atoms with Crippen LogP contribution in [-0.2, 0) is 7.05 Å². The molecule has 0 spiro atoms. The van der Waals surface area contributed by atoms with E-state index in [2.05, 4.69) is 5.10 Å². The first kappa shape index (κ1) is 9.86. The number of hydrogen-bond donors (Lipinski definition) is 1. The van der Waals surface area contributed by atoms with Crippen molar-refractivity contribution in [2.45, 2.75) is 0 Å². The van der Waals surface area contributed by atoms with Gasteiger partial charge in [-0.15, -0.1) is 0 Å². The maximum atomic E-state index is 5.84. The molecule has 15 heavy (non-hydrogen) atoms. The molecule has 0 saturated heterocycles. The average Bonchev–Trinajstić information content (AvgIpc) is 2.49. The average molecular weight is 224 g/mol. The van der Waals surface area contributed by atoms with Crippen LogP contribution in [0.4, 0.5) is 5.69 Å². The van der Waals surface area contributed by atoms with Crippen molar-refractivity contribution >= 4 is 17.3 Å². The first-order chi connectivity index (χ1) is 7.13. The number of ether oxygens (including phenoxy) is 1. The number of halogens is 1. The summed E-state index contributed by atoms with van der Waals surface area (Å²) >= 11 is 5.84. The van der Waals surface area contributed by atoms with Gasteiger partial charge in [0.1, 0.15) is 5.75 Å². The van der Waals surface area contributed by atoms with Crippen LogP contribution in [0.3, 0.4) is 0 Å². The number of anilines is 1. The van der Waals surface area contributed by atoms with E-state index in [0.717, 1.165) is 0 Å². The zero-order valence-electron chi connectivity index (χ0n) is 8.14. The predicted octanol–water partition coefficient (Wildman–Crippen LogP) is 2.45. The molecule has 1 aromatic heterocycles. The minimum absolute atomic E-state index is 0.550. The van der Waals surface area contributed by atoms with Crippen LogP contribution in [0.2, 0.25) is 5.02 Å². The topological polar surface area (TPSA) is 53.1 Å². The van der Waals surface area contributed by atoms with Crippen LogP contribution in [0.25, 0.3) is 0 Å². The van der Waals surface area contributed by atoms with Gasteiger partial charge in [0.2, 0.25) is 0 Å². The van der Waals surface area contributed by atoms with Crippen LogP contribution in [0.1, 0.15) is 0 Å². The standard InChI is InChI=1S/C10H10ClN3O/c1-14-6-10(5-13-14)15-9-3-7(11)2-8(12)4-9/h2-6H,12H2,1H3. The molecule has 0 aliphatic carbocycles. The number of aryl methyl sites for hydroxylation is 1. The van der Waals surface area contributed by atoms with E-state index in [-0.39, 0.29) is 0 Å². The summed E-state index contributed by atoms with van der Waals surface area (Å²) in [7, 11) is 1.82. The zero-order valence-corrected chi connectivity index (χ0v) is 8.90. The fourth-order valence-corrected chi connectivity index (χ4v) is 1.46. The van der Waals surface area contributed by atoms with Crippen LogP contribution in [0, 0.1) is 0 Å². The third kappa shape index (κ3) is 2.41. The Morgan fingerprint density at radius 2 is 2.13 bits per heavy atom. The van der Waals surface area contributed by atoms with Crippen molar-refractivity contribution in [1.29, 1.82) is 0 Å². The van der Waals surface area contributed by atoms with E-state index in [9.17, 15) is 0 Å². The molecule has 4 nitrogen and oxygen atoms in total. The Bertz CT molecular complexity index is 461. The van der Waals surface area contributed by atoms with Gasteiger partial charge in [0.15, 0.2) is 5.75 Å². The Morgan fingerprint density at radius 3 is 2.73 bits per heavy atom. The molecule has 1 aromatic carbocycles. The number of nitrogens with zero attached hydrogens (tertiary/aromatic N) is 2. The molecule has 78 valence electrons. The second kappa shape index (κ2) is 3.82. The third-order valence-electron chi connectivity index (χ3n) is 1.81. The zero-order chi connectivity index (χ0) is 10.8. The molecule has 2 aromatic rings. The predicted molar refractivity (Wildman–Crippen MR) is 59.1 cm³/mol. The fraction of sp³-hybridized carbons (Fsp3) is 0.100. The molecular formula is C10H10ClN3O. The van der Waals surface area contributed by atoms with Gasteiger partial charge in [-0.3, -0.25) is 4.68 Å². The maximum Gasteiger partial charge on any atom is 0.165 e. The molecule has 0 amide bonds. The number of nitrogens with two attached hydrogens (primary N) is 1. The highest BCUT2D eigenvalue weighted by Crippen LogP contribution is 2.26. The van der Waals surface area contributed by atoms with Gasteiger partial charge in [0.25, 0.3) is 0 Å². The molecule has 0 aliphatic heterocycles. The lowest BCUT2D eigenvalue weighted by Crippen LogP contribution is -1.88. The van der Waals surface area contributed by atoms with Crippen molar-refractivity contribution in [3.63, 3.8) is 0 Å². The highest BCUT2D eigenvalue weighted by molar-refractivity contribution is 6.31. The second-order valence-electron chi connectivity index (χ2n) is 3.17. The normalized spacial score (nSPS) is 10.3. The van der Waals surface area contributed by atoms with E-state index in [0.29, 0.717) is 22.2 Å². The fourth-order valence-electron chi connectivity index (χ4n) is 1.23. The largest absolute Gasteiger partial charge is 0.454 e. The second-order valence-corrected chi connectivity index (χ2v) is 3.61. The molecule has 0 saturated carbocycles. The third-order valence-corrected chi connectivity index (χ3v) is 2.03. The maximum absolute atomic E-state index is 5.84. The summed E-state index contributed by atoms with van der Waals surface area (Å²) < 4.78 is 7.17. The van der Waals surface area contributed by atoms with Gasteiger partial charge >= 0.3 is 0 Å². The summed E-state index contributed by atoms with van der Waals surface area (Å²) in [6, 6.07) is 5.07. The summed E-state index contributed by atoms with van der Waals surface area (Å²) in [5.74, 6) is 1.26. The molecular weight excluding hydrogens is 214 g/mol. The lowest BCUT2D eigenvalue weighted by molar-refractivity contribution is 0.482. The molecule has 0 aliphatic rings. The summed E-state index contributed by atoms with van der Waals surface area (Å²) in [6.07, 6.45) is 3.38. The van der Waals surface area contributed by atoms with Crippen LogP contribution >= 0.6 is 11.6 Å². The van der Waals surface area contributed by atoms with Crippen molar-refractivity contribution < 1.29 is 4.74 Å². The van der Waals surface area contributed by atoms with Crippen molar-refractivity contribution in [1.82, 2.24) is 9.78 Å². The van der Waals surface area contributed by atoms with Gasteiger partial charge in [-0.2, -0.15) is 5.10 Å². The number of aromatic nitrogens is 2. The molecule has 0 bridgehead atoms. The SMILES string of the molecule is Cn1cc(Oc2cc(N)cc(Cl)c2)cn1. The number of rotatable bonds is 2. The van der Waals surface area contributed by atoms with Crippen molar-refractivity contribution in [3.05, 3.63) is 35.6 Å². The van der Waals surface area contributed by atoms with Gasteiger partial charge in [-0.05, 0) is 12.1 Å². The van der Waals surface area contributed by atoms with Gasteiger partial charge in [-0.25, -0.2) is 0 Å². The molecule has 0 atom stereocenters. The van der Waals surface area contributed by atoms with Crippen LogP contribution < -0.4 is 10.5 Å². The summed E-state index contributed by atoms with van der Waals surface area (Å²) in [5, 5.41) is 4.53. The Balaban J connectivity index is 2.24. The highest BCUT2D eigenvalue weighted by atomic mass is 35.5. The smallest absolute Gasteiger partial charge is 0.165 e. The van der Waals surface area contributed by atoms with E-state index in [1.54, 1.807) is 35.3 Å². The minimum Gasteiger partial charge on any atom is -0.454 e. The van der Waals surface area contributed by atoms with Crippen LogP contribution in [0.5, 0.6) is 11.5 Å². The molecule has 5 heteroatoms. The first-order valence-corrected chi connectivity index (χ1v) is 4.74. The Labute approximate surface area is 92.2 Å². The Hall–Kier alpha value is -1.68. The lowest BCUT2D eigenvalue weighted by Gasteiger charge is -2.04. The first-order valence-electron chi connectivity index (χ1n) is 4.36. The molecule has 2 N–H and O–H groups in total. The van der Waals surface area contributed by atoms with E-state index in [4.69, 9.17) is 22.1 Å². The van der Waals surface area contributed by atoms with Crippen LogP contribution in [-0.4, -0.2) is 9.78 Å². The Morgan fingerprint density at radius 1 is 1.33 bits per heavy atom. The molecule has 2 rings (SSSR count). The monoisotopic (exact) mass is 223 g/mol. The lowest BCUT2D eigenvalue weighted by atomic mass is 10.3. The molecule has 0 radical (unpaired) electrons. The van der Waals surface area contributed by atoms with E-state index in [1.165, 1.54) is 0 Å². The molecule has 1 heterocycles. The van der Waals surface area contributed by atoms with Crippen molar-refractivity contribution in [2.24, 2.45) is 7.05 Å². The van der Waals surface area contributed by atoms with Gasteiger partial charge in [-0.1, -0.05) is 11.6 Å². The van der Waals surface area contributed by atoms with Gasteiger partial charge in [0.05, 0.1) is 12.4 Å². The number of benzene rings is 1. The minimum atomic E-state index is 0.550. The van der Waals surface area contributed by atoms with E-state index < -0.39 is 0 Å². The van der Waals surface area contributed by atoms with E-state index in [1.807, 2.05) is 7.05 Å². The highest BCUT2D eigenvalue weighted by Gasteiger charge is 2.01.